The molecular weight excluding hydrogens is 426 g/mol. The van der Waals surface area contributed by atoms with Gasteiger partial charge >= 0.3 is 0 Å². The van der Waals surface area contributed by atoms with Crippen LogP contribution in [0.3, 0.4) is 0 Å². The first-order chi connectivity index (χ1) is 16.0. The fourth-order valence-electron chi connectivity index (χ4n) is 3.87. The first-order valence-electron chi connectivity index (χ1n) is 10.6. The monoisotopic (exact) mass is 453 g/mol. The Kier molecular flexibility index (Phi) is 6.62. The van der Waals surface area contributed by atoms with Crippen LogP contribution in [0, 0.1) is 6.92 Å². The minimum absolute atomic E-state index is 0.130. The number of H-pyrrole nitrogens is 1. The van der Waals surface area contributed by atoms with E-state index in [0.717, 1.165) is 18.4 Å². The number of carbonyl (C=O) groups is 1. The Balaban J connectivity index is 1.50. The number of nitrogens with zero attached hydrogens (tertiary/aromatic N) is 4. The van der Waals surface area contributed by atoms with Crippen LogP contribution < -0.4 is 18.9 Å². The van der Waals surface area contributed by atoms with E-state index in [2.05, 4.69) is 20.2 Å². The highest BCUT2D eigenvalue weighted by Gasteiger charge is 2.27. The lowest BCUT2D eigenvalue weighted by Gasteiger charge is -2.32. The predicted molar refractivity (Wildman–Crippen MR) is 120 cm³/mol. The molecule has 1 aliphatic heterocycles. The Morgan fingerprint density at radius 2 is 1.88 bits per heavy atom. The summed E-state index contributed by atoms with van der Waals surface area (Å²) in [5, 5.41) is 7.19. The standard InChI is InChI=1S/C23H27N5O5/c1-14-24-8-7-21(25-14)33-16-6-5-9-28(13-16)23(29)18-12-17(26-27-18)15-10-19(30-2)22(32-4)20(11-15)31-3/h7-8,10-12,16H,5-6,9,13H2,1-4H3,(H,26,27). The van der Waals surface area contributed by atoms with Crippen LogP contribution in [0.2, 0.25) is 0 Å². The van der Waals surface area contributed by atoms with Crippen molar-refractivity contribution < 1.29 is 23.7 Å². The number of piperidine rings is 1. The van der Waals surface area contributed by atoms with Gasteiger partial charge in [-0.15, -0.1) is 0 Å². The van der Waals surface area contributed by atoms with Gasteiger partial charge < -0.3 is 23.8 Å². The predicted octanol–water partition coefficient (Wildman–Crippen LogP) is 2.88. The summed E-state index contributed by atoms with van der Waals surface area (Å²) in [5.74, 6) is 2.56. The molecular formula is C23H27N5O5. The lowest BCUT2D eigenvalue weighted by atomic mass is 10.1. The molecule has 1 atom stereocenters. The van der Waals surface area contributed by atoms with Crippen LogP contribution >= 0.6 is 0 Å². The van der Waals surface area contributed by atoms with Gasteiger partial charge in [-0.1, -0.05) is 0 Å². The van der Waals surface area contributed by atoms with Gasteiger partial charge in [-0.25, -0.2) is 4.98 Å². The molecule has 1 aliphatic rings. The molecule has 1 unspecified atom stereocenters. The van der Waals surface area contributed by atoms with Crippen LogP contribution in [0.25, 0.3) is 11.3 Å². The third-order valence-electron chi connectivity index (χ3n) is 5.47. The highest BCUT2D eigenvalue weighted by Crippen LogP contribution is 2.40. The van der Waals surface area contributed by atoms with Gasteiger partial charge in [0.25, 0.3) is 5.91 Å². The molecule has 3 aromatic rings. The zero-order valence-corrected chi connectivity index (χ0v) is 19.1. The van der Waals surface area contributed by atoms with E-state index in [1.54, 1.807) is 56.7 Å². The average Bonchev–Trinajstić information content (AvgIpc) is 3.33. The second-order valence-electron chi connectivity index (χ2n) is 7.66. The van der Waals surface area contributed by atoms with E-state index >= 15 is 0 Å². The van der Waals surface area contributed by atoms with Crippen molar-refractivity contribution >= 4 is 5.91 Å². The summed E-state index contributed by atoms with van der Waals surface area (Å²) < 4.78 is 22.2. The zero-order valence-electron chi connectivity index (χ0n) is 19.1. The Bertz CT molecular complexity index is 1110. The van der Waals surface area contributed by atoms with Crippen LogP contribution in [0.4, 0.5) is 0 Å². The third kappa shape index (κ3) is 4.84. The second kappa shape index (κ2) is 9.76. The summed E-state index contributed by atoms with van der Waals surface area (Å²) in [5.41, 5.74) is 1.73. The first-order valence-corrected chi connectivity index (χ1v) is 10.6. The zero-order chi connectivity index (χ0) is 23.4. The van der Waals surface area contributed by atoms with E-state index in [1.807, 2.05) is 6.92 Å². The van der Waals surface area contributed by atoms with Gasteiger partial charge in [0.15, 0.2) is 11.5 Å². The van der Waals surface area contributed by atoms with Crippen LogP contribution in [-0.2, 0) is 0 Å². The molecule has 1 amide bonds. The number of rotatable bonds is 7. The summed E-state index contributed by atoms with van der Waals surface area (Å²) in [7, 11) is 4.66. The SMILES string of the molecule is COc1cc(-c2cc(C(=O)N3CCCC(Oc4ccnc(C)n4)C3)[nH]n2)cc(OC)c1OC. The molecule has 174 valence electrons. The smallest absolute Gasteiger partial charge is 0.272 e. The summed E-state index contributed by atoms with van der Waals surface area (Å²) in [6.45, 7) is 2.94. The number of carbonyl (C=O) groups excluding carboxylic acids is 1. The molecule has 3 heterocycles. The number of amides is 1. The molecule has 1 fully saturated rings. The molecule has 4 rings (SSSR count). The van der Waals surface area contributed by atoms with Crippen LogP contribution in [0.5, 0.6) is 23.1 Å². The largest absolute Gasteiger partial charge is 0.493 e. The Labute approximate surface area is 191 Å². The number of methoxy groups -OCH3 is 3. The normalized spacial score (nSPS) is 15.8. The number of ether oxygens (including phenoxy) is 4. The molecule has 10 heteroatoms. The van der Waals surface area contributed by atoms with Crippen molar-refractivity contribution in [1.29, 1.82) is 0 Å². The van der Waals surface area contributed by atoms with E-state index in [-0.39, 0.29) is 12.0 Å². The van der Waals surface area contributed by atoms with Crippen molar-refractivity contribution in [2.75, 3.05) is 34.4 Å². The van der Waals surface area contributed by atoms with Crippen molar-refractivity contribution in [2.24, 2.45) is 0 Å². The maximum absolute atomic E-state index is 13.1. The van der Waals surface area contributed by atoms with E-state index in [0.29, 0.717) is 53.4 Å². The maximum Gasteiger partial charge on any atom is 0.272 e. The van der Waals surface area contributed by atoms with E-state index in [4.69, 9.17) is 18.9 Å². The van der Waals surface area contributed by atoms with Crippen molar-refractivity contribution in [1.82, 2.24) is 25.1 Å². The minimum Gasteiger partial charge on any atom is -0.493 e. The maximum atomic E-state index is 13.1. The molecule has 1 aromatic carbocycles. The Morgan fingerprint density at radius 3 is 2.55 bits per heavy atom. The summed E-state index contributed by atoms with van der Waals surface area (Å²) >= 11 is 0. The number of aromatic nitrogens is 4. The minimum atomic E-state index is -0.131. The third-order valence-corrected chi connectivity index (χ3v) is 5.47. The first kappa shape index (κ1) is 22.4. The van der Waals surface area contributed by atoms with Crippen molar-refractivity contribution in [2.45, 2.75) is 25.9 Å². The fraction of sp³-hybridized carbons (Fsp3) is 0.391. The lowest BCUT2D eigenvalue weighted by Crippen LogP contribution is -2.44. The topological polar surface area (TPSA) is 112 Å². The van der Waals surface area contributed by atoms with Crippen LogP contribution in [0.15, 0.2) is 30.5 Å². The number of hydrogen-bond donors (Lipinski definition) is 1. The molecule has 10 nitrogen and oxygen atoms in total. The summed E-state index contributed by atoms with van der Waals surface area (Å²) in [6, 6.07) is 7.04. The molecule has 0 bridgehead atoms. The van der Waals surface area contributed by atoms with Gasteiger partial charge in [-0.3, -0.25) is 9.89 Å². The Hall–Kier alpha value is -3.82. The molecule has 1 N–H and O–H groups in total. The molecule has 33 heavy (non-hydrogen) atoms. The number of nitrogens with one attached hydrogen (secondary N) is 1. The highest BCUT2D eigenvalue weighted by atomic mass is 16.5. The molecule has 0 radical (unpaired) electrons. The van der Waals surface area contributed by atoms with E-state index in [9.17, 15) is 4.79 Å². The quantitative estimate of drug-likeness (QED) is 0.581. The Morgan fingerprint density at radius 1 is 1.12 bits per heavy atom. The second-order valence-corrected chi connectivity index (χ2v) is 7.66. The number of hydrogen-bond acceptors (Lipinski definition) is 8. The summed E-state index contributed by atoms with van der Waals surface area (Å²) in [6.07, 6.45) is 3.23. The lowest BCUT2D eigenvalue weighted by molar-refractivity contribution is 0.0522. The number of benzene rings is 1. The van der Waals surface area contributed by atoms with Gasteiger partial charge in [0, 0.05) is 24.4 Å². The number of aryl methyl sites for hydroxylation is 1. The van der Waals surface area contributed by atoms with Crippen molar-refractivity contribution in [3.63, 3.8) is 0 Å². The molecule has 0 saturated carbocycles. The van der Waals surface area contributed by atoms with E-state index in [1.165, 1.54) is 0 Å². The molecule has 0 aliphatic carbocycles. The van der Waals surface area contributed by atoms with Crippen LogP contribution in [0.1, 0.15) is 29.2 Å². The van der Waals surface area contributed by atoms with Gasteiger partial charge in [0.1, 0.15) is 17.6 Å². The van der Waals surface area contributed by atoms with Gasteiger partial charge in [0.2, 0.25) is 11.6 Å². The molecule has 1 saturated heterocycles. The van der Waals surface area contributed by atoms with Crippen molar-refractivity contribution in [3.05, 3.63) is 42.0 Å². The number of likely N-dealkylation sites (tertiary alicyclic amines) is 1. The average molecular weight is 453 g/mol. The van der Waals surface area contributed by atoms with E-state index < -0.39 is 0 Å². The van der Waals surface area contributed by atoms with Crippen LogP contribution in [-0.4, -0.2) is 71.5 Å². The summed E-state index contributed by atoms with van der Waals surface area (Å²) in [4.78, 5) is 23.3. The highest BCUT2D eigenvalue weighted by molar-refractivity contribution is 5.93. The van der Waals surface area contributed by atoms with Crippen molar-refractivity contribution in [3.8, 4) is 34.4 Å². The molecule has 2 aromatic heterocycles. The van der Waals surface area contributed by atoms with Gasteiger partial charge in [-0.2, -0.15) is 10.1 Å². The van der Waals surface area contributed by atoms with Gasteiger partial charge in [0.05, 0.1) is 33.6 Å². The number of aromatic amines is 1. The fourth-order valence-corrected chi connectivity index (χ4v) is 3.87. The van der Waals surface area contributed by atoms with Gasteiger partial charge in [-0.05, 0) is 38.0 Å². The molecule has 0 spiro atoms.